The van der Waals surface area contributed by atoms with Crippen LogP contribution in [0.5, 0.6) is 11.5 Å². The minimum atomic E-state index is -0.0682. The number of hydrogen-bond donors (Lipinski definition) is 1. The number of piperazine rings is 1. The minimum Gasteiger partial charge on any atom is -0.497 e. The molecule has 0 saturated carbocycles. The zero-order valence-electron chi connectivity index (χ0n) is 17.2. The lowest BCUT2D eigenvalue weighted by atomic mass is 10.2. The summed E-state index contributed by atoms with van der Waals surface area (Å²) in [4.78, 5) is 32.0. The molecule has 30 heavy (non-hydrogen) atoms. The lowest BCUT2D eigenvalue weighted by Gasteiger charge is -2.34. The van der Waals surface area contributed by atoms with Crippen LogP contribution in [0.1, 0.15) is 16.1 Å². The smallest absolute Gasteiger partial charge is 0.270 e. The minimum absolute atomic E-state index is 0.00124. The van der Waals surface area contributed by atoms with E-state index < -0.39 is 0 Å². The van der Waals surface area contributed by atoms with E-state index in [-0.39, 0.29) is 18.4 Å². The van der Waals surface area contributed by atoms with E-state index in [1.165, 1.54) is 0 Å². The van der Waals surface area contributed by atoms with Crippen molar-refractivity contribution >= 4 is 22.7 Å². The molecular weight excluding hydrogens is 382 g/mol. The second kappa shape index (κ2) is 8.49. The molecule has 0 bridgehead atoms. The van der Waals surface area contributed by atoms with E-state index in [2.05, 4.69) is 4.98 Å². The second-order valence-corrected chi connectivity index (χ2v) is 7.41. The maximum absolute atomic E-state index is 12.9. The molecule has 4 rings (SSSR count). The molecule has 0 aliphatic carbocycles. The first-order valence-corrected chi connectivity index (χ1v) is 9.97. The van der Waals surface area contributed by atoms with Crippen LogP contribution in [0.4, 0.5) is 0 Å². The summed E-state index contributed by atoms with van der Waals surface area (Å²) in [6, 6.07) is 15.1. The Morgan fingerprint density at radius 2 is 1.73 bits per heavy atom. The maximum Gasteiger partial charge on any atom is 0.270 e. The van der Waals surface area contributed by atoms with Gasteiger partial charge in [0.15, 0.2) is 6.61 Å². The number of ether oxygens (including phenoxy) is 2. The van der Waals surface area contributed by atoms with Crippen LogP contribution in [0, 0.1) is 6.92 Å². The highest BCUT2D eigenvalue weighted by Crippen LogP contribution is 2.22. The highest BCUT2D eigenvalue weighted by molar-refractivity contribution is 5.98. The molecule has 3 aromatic rings. The predicted molar refractivity (Wildman–Crippen MR) is 114 cm³/mol. The lowest BCUT2D eigenvalue weighted by Crippen LogP contribution is -2.51. The van der Waals surface area contributed by atoms with Crippen LogP contribution in [-0.4, -0.2) is 66.5 Å². The molecule has 7 heteroatoms. The molecule has 0 atom stereocenters. The SMILES string of the molecule is COc1ccc2[nH]c(C(=O)N3CCN(C(=O)COc4cccc(C)c4)CC3)cc2c1. The molecule has 2 aromatic carbocycles. The Balaban J connectivity index is 1.32. The fourth-order valence-electron chi connectivity index (χ4n) is 3.62. The molecule has 1 N–H and O–H groups in total. The van der Waals surface area contributed by atoms with Crippen LogP contribution in [0.25, 0.3) is 10.9 Å². The number of fused-ring (bicyclic) bond motifs is 1. The number of amides is 2. The van der Waals surface area contributed by atoms with Gasteiger partial charge >= 0.3 is 0 Å². The van der Waals surface area contributed by atoms with Crippen molar-refractivity contribution < 1.29 is 19.1 Å². The quantitative estimate of drug-likeness (QED) is 0.706. The van der Waals surface area contributed by atoms with Gasteiger partial charge in [0, 0.05) is 37.1 Å². The summed E-state index contributed by atoms with van der Waals surface area (Å²) in [5.74, 6) is 1.31. The van der Waals surface area contributed by atoms with Crippen molar-refractivity contribution in [2.45, 2.75) is 6.92 Å². The average molecular weight is 407 g/mol. The number of nitrogens with zero attached hydrogens (tertiary/aromatic N) is 2. The Morgan fingerprint density at radius 1 is 0.967 bits per heavy atom. The molecule has 2 amide bonds. The summed E-state index contributed by atoms with van der Waals surface area (Å²) in [6.45, 7) is 3.96. The fourth-order valence-corrected chi connectivity index (χ4v) is 3.62. The van der Waals surface area contributed by atoms with Crippen molar-refractivity contribution in [3.63, 3.8) is 0 Å². The second-order valence-electron chi connectivity index (χ2n) is 7.41. The number of carbonyl (C=O) groups excluding carboxylic acids is 2. The molecule has 1 aliphatic rings. The Labute approximate surface area is 175 Å². The first-order chi connectivity index (χ1) is 14.5. The molecule has 0 radical (unpaired) electrons. The molecule has 2 heterocycles. The summed E-state index contributed by atoms with van der Waals surface area (Å²) in [5, 5.41) is 0.930. The number of aryl methyl sites for hydroxylation is 1. The number of benzene rings is 2. The van der Waals surface area contributed by atoms with Crippen molar-refractivity contribution in [1.82, 2.24) is 14.8 Å². The van der Waals surface area contributed by atoms with Gasteiger partial charge in [-0.25, -0.2) is 0 Å². The fraction of sp³-hybridized carbons (Fsp3) is 0.304. The average Bonchev–Trinajstić information content (AvgIpc) is 3.20. The van der Waals surface area contributed by atoms with Gasteiger partial charge in [-0.3, -0.25) is 9.59 Å². The molecule has 156 valence electrons. The van der Waals surface area contributed by atoms with Gasteiger partial charge in [-0.15, -0.1) is 0 Å². The Hall–Kier alpha value is -3.48. The molecular formula is C23H25N3O4. The Bertz CT molecular complexity index is 1070. The highest BCUT2D eigenvalue weighted by atomic mass is 16.5. The number of carbonyl (C=O) groups is 2. The van der Waals surface area contributed by atoms with Gasteiger partial charge in [-0.1, -0.05) is 12.1 Å². The number of H-pyrrole nitrogens is 1. The molecule has 1 saturated heterocycles. The number of nitrogens with one attached hydrogen (secondary N) is 1. The predicted octanol–water partition coefficient (Wildman–Crippen LogP) is 2.85. The summed E-state index contributed by atoms with van der Waals surface area (Å²) < 4.78 is 10.9. The molecule has 0 spiro atoms. The topological polar surface area (TPSA) is 74.9 Å². The van der Waals surface area contributed by atoms with Crippen molar-refractivity contribution in [3.8, 4) is 11.5 Å². The van der Waals surface area contributed by atoms with Crippen LogP contribution in [0.15, 0.2) is 48.5 Å². The number of aromatic amines is 1. The maximum atomic E-state index is 12.9. The first-order valence-electron chi connectivity index (χ1n) is 9.97. The van der Waals surface area contributed by atoms with Gasteiger partial charge in [0.1, 0.15) is 17.2 Å². The van der Waals surface area contributed by atoms with Crippen molar-refractivity contribution in [2.75, 3.05) is 39.9 Å². The van der Waals surface area contributed by atoms with Gasteiger partial charge < -0.3 is 24.3 Å². The first kappa shape index (κ1) is 19.8. The van der Waals surface area contributed by atoms with Gasteiger partial charge in [0.2, 0.25) is 0 Å². The number of hydrogen-bond acceptors (Lipinski definition) is 4. The highest BCUT2D eigenvalue weighted by Gasteiger charge is 2.26. The van der Waals surface area contributed by atoms with Gasteiger partial charge in [-0.2, -0.15) is 0 Å². The van der Waals surface area contributed by atoms with Gasteiger partial charge in [-0.05, 0) is 48.9 Å². The third-order valence-electron chi connectivity index (χ3n) is 5.33. The van der Waals surface area contributed by atoms with Crippen molar-refractivity contribution in [1.29, 1.82) is 0 Å². The molecule has 0 unspecified atom stereocenters. The van der Waals surface area contributed by atoms with Crippen LogP contribution >= 0.6 is 0 Å². The zero-order valence-corrected chi connectivity index (χ0v) is 17.2. The lowest BCUT2D eigenvalue weighted by molar-refractivity contribution is -0.134. The standard InChI is InChI=1S/C23H25N3O4/c1-16-4-3-5-19(12-16)30-15-22(27)25-8-10-26(11-9-25)23(28)21-14-17-13-18(29-2)6-7-20(17)24-21/h3-7,12-14,24H,8-11,15H2,1-2H3. The summed E-state index contributed by atoms with van der Waals surface area (Å²) in [6.07, 6.45) is 0. The largest absolute Gasteiger partial charge is 0.497 e. The molecule has 1 aromatic heterocycles. The van der Waals surface area contributed by atoms with E-state index in [4.69, 9.17) is 9.47 Å². The molecule has 1 fully saturated rings. The van der Waals surface area contributed by atoms with Crippen LogP contribution in [0.2, 0.25) is 0 Å². The third kappa shape index (κ3) is 4.25. The zero-order chi connectivity index (χ0) is 21.1. The number of aromatic nitrogens is 1. The van der Waals surface area contributed by atoms with E-state index in [0.29, 0.717) is 37.6 Å². The van der Waals surface area contributed by atoms with Crippen molar-refractivity contribution in [2.24, 2.45) is 0 Å². The van der Waals surface area contributed by atoms with E-state index >= 15 is 0 Å². The van der Waals surface area contributed by atoms with E-state index in [1.807, 2.05) is 55.5 Å². The molecule has 1 aliphatic heterocycles. The van der Waals surface area contributed by atoms with Gasteiger partial charge in [0.25, 0.3) is 11.8 Å². The van der Waals surface area contributed by atoms with Crippen molar-refractivity contribution in [3.05, 3.63) is 59.8 Å². The van der Waals surface area contributed by atoms with Crippen LogP contribution < -0.4 is 9.47 Å². The van der Waals surface area contributed by atoms with Crippen LogP contribution in [-0.2, 0) is 4.79 Å². The van der Waals surface area contributed by atoms with E-state index in [9.17, 15) is 9.59 Å². The Kier molecular flexibility index (Phi) is 5.61. The van der Waals surface area contributed by atoms with E-state index in [1.54, 1.807) is 16.9 Å². The molecule has 7 nitrogen and oxygen atoms in total. The summed E-state index contributed by atoms with van der Waals surface area (Å²) in [5.41, 5.74) is 2.52. The van der Waals surface area contributed by atoms with Crippen LogP contribution in [0.3, 0.4) is 0 Å². The number of methoxy groups -OCH3 is 1. The summed E-state index contributed by atoms with van der Waals surface area (Å²) in [7, 11) is 1.62. The Morgan fingerprint density at radius 3 is 2.47 bits per heavy atom. The monoisotopic (exact) mass is 407 g/mol. The summed E-state index contributed by atoms with van der Waals surface area (Å²) >= 11 is 0. The van der Waals surface area contributed by atoms with Gasteiger partial charge in [0.05, 0.1) is 7.11 Å². The third-order valence-corrected chi connectivity index (χ3v) is 5.33. The normalized spacial score (nSPS) is 14.1. The van der Waals surface area contributed by atoms with E-state index in [0.717, 1.165) is 22.2 Å². The number of rotatable bonds is 5.